The molecular weight excluding hydrogens is 717 g/mol. The number of allylic oxidation sites excluding steroid dienone is 1. The smallest absolute Gasteiger partial charge is 0.329 e. The number of benzene rings is 2. The largest absolute Gasteiger partial charge is 0.461 e. The Morgan fingerprint density at radius 3 is 2.39 bits per heavy atom. The van der Waals surface area contributed by atoms with Crippen LogP contribution in [0.3, 0.4) is 0 Å². The zero-order chi connectivity index (χ0) is 39.8. The number of nitrogens with one attached hydrogen (secondary N) is 1. The molecule has 0 unspecified atom stereocenters. The fourth-order valence-electron chi connectivity index (χ4n) is 12.4. The summed E-state index contributed by atoms with van der Waals surface area (Å²) in [6.07, 6.45) is 16.7. The minimum atomic E-state index is -3.88. The Labute approximate surface area is 337 Å². The maximum atomic E-state index is 14.1. The van der Waals surface area contributed by atoms with Crippen LogP contribution in [-0.2, 0) is 30.8 Å². The van der Waals surface area contributed by atoms with E-state index in [4.69, 9.17) is 4.74 Å². The Morgan fingerprint density at radius 1 is 0.911 bits per heavy atom. The number of hydrogen-bond acceptors (Lipinski definition) is 5. The molecule has 7 nitrogen and oxygen atoms in total. The summed E-state index contributed by atoms with van der Waals surface area (Å²) >= 11 is 0. The van der Waals surface area contributed by atoms with Crippen molar-refractivity contribution in [3.63, 3.8) is 0 Å². The monoisotopic (exact) mass is 784 g/mol. The molecule has 1 aliphatic heterocycles. The molecule has 5 aliphatic rings. The second kappa shape index (κ2) is 16.7. The van der Waals surface area contributed by atoms with Gasteiger partial charge in [-0.15, -0.1) is 0 Å². The van der Waals surface area contributed by atoms with Crippen LogP contribution < -0.4 is 5.32 Å². The molecule has 1 heterocycles. The van der Waals surface area contributed by atoms with Crippen LogP contribution in [0.4, 0.5) is 0 Å². The Balaban J connectivity index is 1.02. The van der Waals surface area contributed by atoms with Crippen molar-refractivity contribution < 1.29 is 22.7 Å². The van der Waals surface area contributed by atoms with Gasteiger partial charge in [0.1, 0.15) is 18.2 Å². The molecule has 3 saturated carbocycles. The predicted octanol–water partition coefficient (Wildman–Crippen LogP) is 9.83. The van der Waals surface area contributed by atoms with Crippen molar-refractivity contribution in [2.45, 2.75) is 155 Å². The van der Waals surface area contributed by atoms with Gasteiger partial charge in [0, 0.05) is 19.4 Å². The van der Waals surface area contributed by atoms with Crippen LogP contribution in [0.2, 0.25) is 0 Å². The van der Waals surface area contributed by atoms with Crippen LogP contribution in [0.15, 0.2) is 71.1 Å². The van der Waals surface area contributed by atoms with Gasteiger partial charge in [-0.05, 0) is 129 Å². The molecule has 0 spiro atoms. The van der Waals surface area contributed by atoms with Crippen LogP contribution >= 0.6 is 0 Å². The summed E-state index contributed by atoms with van der Waals surface area (Å²) in [7, 11) is -3.88. The SMILES string of the molecule is Cc1ccc(S(=O)(=O)N2CCC[C@H]2C(=O)N[C@@H](Cc2ccccc2)C(=O)O[C@H]2CC[C@@]3(C)C(=CC[C@H]4[C@@H]5CC[C@H]([C@H](C)CCCC(C)C)[C@@]5(C)CC[C@@H]43)C2)cc1. The highest BCUT2D eigenvalue weighted by atomic mass is 32.2. The minimum absolute atomic E-state index is 0.140. The number of carbonyl (C=O) groups excluding carboxylic acids is 2. The average Bonchev–Trinajstić information content (AvgIpc) is 3.81. The van der Waals surface area contributed by atoms with E-state index in [-0.39, 0.29) is 29.4 Å². The fourth-order valence-corrected chi connectivity index (χ4v) is 14.1. The van der Waals surface area contributed by atoms with Crippen LogP contribution in [-0.4, -0.2) is 49.3 Å². The van der Waals surface area contributed by atoms with Crippen molar-refractivity contribution in [3.05, 3.63) is 77.4 Å². The van der Waals surface area contributed by atoms with Gasteiger partial charge < -0.3 is 10.1 Å². The lowest BCUT2D eigenvalue weighted by Gasteiger charge is -2.58. The van der Waals surface area contributed by atoms with Gasteiger partial charge in [0.15, 0.2) is 0 Å². The number of sulfonamides is 1. The van der Waals surface area contributed by atoms with Crippen molar-refractivity contribution in [1.82, 2.24) is 9.62 Å². The first-order chi connectivity index (χ1) is 26.7. The molecular formula is C48H68N2O5S. The molecule has 1 amide bonds. The normalized spacial score (nSPS) is 32.8. The Morgan fingerprint density at radius 2 is 1.66 bits per heavy atom. The summed E-state index contributed by atoms with van der Waals surface area (Å²) in [5.41, 5.74) is 3.93. The first kappa shape index (κ1) is 41.2. The van der Waals surface area contributed by atoms with Gasteiger partial charge in [-0.2, -0.15) is 4.31 Å². The number of carbonyl (C=O) groups is 2. The van der Waals surface area contributed by atoms with Crippen LogP contribution in [0.1, 0.15) is 129 Å². The molecule has 0 aromatic heterocycles. The van der Waals surface area contributed by atoms with Gasteiger partial charge in [-0.25, -0.2) is 13.2 Å². The number of esters is 1. The van der Waals surface area contributed by atoms with Crippen LogP contribution in [0.25, 0.3) is 0 Å². The van der Waals surface area contributed by atoms with Gasteiger partial charge in [0.05, 0.1) is 4.90 Å². The van der Waals surface area contributed by atoms with Crippen LogP contribution in [0, 0.1) is 53.3 Å². The van der Waals surface area contributed by atoms with E-state index < -0.39 is 34.0 Å². The first-order valence-corrected chi connectivity index (χ1v) is 23.5. The molecule has 10 atom stereocenters. The van der Waals surface area contributed by atoms with Crippen molar-refractivity contribution in [2.24, 2.45) is 46.3 Å². The number of aryl methyl sites for hydroxylation is 1. The van der Waals surface area contributed by atoms with Crippen molar-refractivity contribution in [3.8, 4) is 0 Å². The quantitative estimate of drug-likeness (QED) is 0.161. The highest BCUT2D eigenvalue weighted by Crippen LogP contribution is 2.67. The van der Waals surface area contributed by atoms with E-state index in [1.807, 2.05) is 37.3 Å². The molecule has 1 N–H and O–H groups in total. The van der Waals surface area contributed by atoms with Gasteiger partial charge in [0.2, 0.25) is 15.9 Å². The molecule has 8 heteroatoms. The Kier molecular flexibility index (Phi) is 12.3. The van der Waals surface area contributed by atoms with Gasteiger partial charge in [-0.1, -0.05) is 114 Å². The molecule has 4 aliphatic carbocycles. The third-order valence-electron chi connectivity index (χ3n) is 15.6. The molecule has 2 aromatic rings. The van der Waals surface area contributed by atoms with E-state index in [1.165, 1.54) is 54.8 Å². The van der Waals surface area contributed by atoms with E-state index in [0.29, 0.717) is 24.2 Å². The third kappa shape index (κ3) is 8.17. The number of amides is 1. The van der Waals surface area contributed by atoms with E-state index in [1.54, 1.807) is 24.3 Å². The number of ether oxygens (including phenoxy) is 1. The minimum Gasteiger partial charge on any atom is -0.461 e. The number of rotatable bonds is 13. The van der Waals surface area contributed by atoms with E-state index in [0.717, 1.165) is 66.4 Å². The standard InChI is InChI=1S/C48H68N2O5S/c1-32(2)12-10-13-34(4)40-23-24-41-39-22-19-36-31-37(25-27-47(36,5)42(39)26-28-48(40,41)6)55-46(52)43(30-35-14-8-7-9-15-35)49-45(51)44-16-11-29-50(44)56(53,54)38-20-17-33(3)18-21-38/h7-9,14-15,17-21,32,34,37,39-44H,10-13,16,22-31H2,1-6H3,(H,49,51)/t34-,37+,39+,40-,41+,42+,43+,44+,47+,48-/m1/s1. The maximum Gasteiger partial charge on any atom is 0.329 e. The lowest BCUT2D eigenvalue weighted by atomic mass is 9.47. The molecule has 56 heavy (non-hydrogen) atoms. The van der Waals surface area contributed by atoms with Crippen molar-refractivity contribution >= 4 is 21.9 Å². The first-order valence-electron chi connectivity index (χ1n) is 22.0. The lowest BCUT2D eigenvalue weighted by molar-refractivity contribution is -0.155. The molecule has 0 radical (unpaired) electrons. The summed E-state index contributed by atoms with van der Waals surface area (Å²) in [6, 6.07) is 14.6. The second-order valence-corrected chi connectivity index (χ2v) is 21.3. The molecule has 1 saturated heterocycles. The lowest BCUT2D eigenvalue weighted by Crippen LogP contribution is -2.53. The van der Waals surface area contributed by atoms with Crippen molar-refractivity contribution in [2.75, 3.05) is 6.54 Å². The predicted molar refractivity (Wildman–Crippen MR) is 223 cm³/mol. The topological polar surface area (TPSA) is 92.8 Å². The molecule has 0 bridgehead atoms. The summed E-state index contributed by atoms with van der Waals surface area (Å²) in [5, 5.41) is 2.98. The molecule has 306 valence electrons. The number of fused-ring (bicyclic) bond motifs is 5. The fraction of sp³-hybridized carbons (Fsp3) is 0.667. The number of hydrogen-bond donors (Lipinski definition) is 1. The van der Waals surface area contributed by atoms with Gasteiger partial charge >= 0.3 is 5.97 Å². The third-order valence-corrected chi connectivity index (χ3v) is 17.5. The van der Waals surface area contributed by atoms with Gasteiger partial charge in [0.25, 0.3) is 0 Å². The van der Waals surface area contributed by atoms with E-state index in [2.05, 4.69) is 46.0 Å². The Bertz CT molecular complexity index is 1840. The van der Waals surface area contributed by atoms with E-state index >= 15 is 0 Å². The zero-order valence-corrected chi connectivity index (χ0v) is 35.8. The van der Waals surface area contributed by atoms with Crippen molar-refractivity contribution in [1.29, 1.82) is 0 Å². The summed E-state index contributed by atoms with van der Waals surface area (Å²) in [4.78, 5) is 28.2. The zero-order valence-electron chi connectivity index (χ0n) is 35.0. The second-order valence-electron chi connectivity index (χ2n) is 19.4. The highest BCUT2D eigenvalue weighted by molar-refractivity contribution is 7.89. The number of nitrogens with zero attached hydrogens (tertiary/aromatic N) is 1. The molecule has 2 aromatic carbocycles. The van der Waals surface area contributed by atoms with Crippen LogP contribution in [0.5, 0.6) is 0 Å². The summed E-state index contributed by atoms with van der Waals surface area (Å²) < 4.78 is 35.0. The summed E-state index contributed by atoms with van der Waals surface area (Å²) in [5.74, 6) is 3.76. The molecule has 7 rings (SSSR count). The average molecular weight is 785 g/mol. The Hall–Kier alpha value is -2.97. The van der Waals surface area contributed by atoms with E-state index in [9.17, 15) is 18.0 Å². The van der Waals surface area contributed by atoms with Gasteiger partial charge in [-0.3, -0.25) is 4.79 Å². The summed E-state index contributed by atoms with van der Waals surface area (Å²) in [6.45, 7) is 14.6. The maximum absolute atomic E-state index is 14.1. The molecule has 4 fully saturated rings. The highest BCUT2D eigenvalue weighted by Gasteiger charge is 2.59.